The molecule has 0 aliphatic heterocycles. The van der Waals surface area contributed by atoms with E-state index in [2.05, 4.69) is 15.6 Å². The molecule has 1 aromatic rings. The number of anilines is 2. The molecule has 4 N–H and O–H groups in total. The van der Waals surface area contributed by atoms with E-state index < -0.39 is 0 Å². The Morgan fingerprint density at radius 2 is 1.83 bits per heavy atom. The van der Waals surface area contributed by atoms with Crippen molar-refractivity contribution in [1.29, 1.82) is 0 Å². The highest BCUT2D eigenvalue weighted by Gasteiger charge is 2.32. The van der Waals surface area contributed by atoms with Gasteiger partial charge in [0.2, 0.25) is 11.8 Å². The van der Waals surface area contributed by atoms with E-state index in [0.717, 1.165) is 32.1 Å². The Bertz CT molecular complexity index is 564. The van der Waals surface area contributed by atoms with Gasteiger partial charge in [0.15, 0.2) is 0 Å². The first-order valence-electron chi connectivity index (χ1n) is 7.95. The minimum absolute atomic E-state index is 0. The monoisotopic (exact) mass is 374 g/mol. The first-order valence-corrected chi connectivity index (χ1v) is 7.95. The average molecular weight is 375 g/mol. The van der Waals surface area contributed by atoms with Gasteiger partial charge in [-0.2, -0.15) is 0 Å². The summed E-state index contributed by atoms with van der Waals surface area (Å²) in [6.07, 6.45) is 6.49. The van der Waals surface area contributed by atoms with Crippen LogP contribution in [0.4, 0.5) is 11.5 Å². The summed E-state index contributed by atoms with van der Waals surface area (Å²) in [5.41, 5.74) is 6.37. The molecule has 8 heteroatoms. The molecule has 0 bridgehead atoms. The molecule has 2 fully saturated rings. The van der Waals surface area contributed by atoms with Crippen LogP contribution < -0.4 is 16.4 Å². The summed E-state index contributed by atoms with van der Waals surface area (Å²) < 4.78 is 0. The number of carbonyl (C=O) groups excluding carboxylic acids is 2. The zero-order chi connectivity index (χ0) is 15.5. The summed E-state index contributed by atoms with van der Waals surface area (Å²) >= 11 is 0. The second kappa shape index (κ2) is 9.20. The van der Waals surface area contributed by atoms with Gasteiger partial charge in [-0.25, -0.2) is 4.98 Å². The van der Waals surface area contributed by atoms with Crippen LogP contribution in [0.5, 0.6) is 0 Å². The van der Waals surface area contributed by atoms with Gasteiger partial charge in [0.05, 0.1) is 11.9 Å². The van der Waals surface area contributed by atoms with E-state index in [1.165, 1.54) is 0 Å². The van der Waals surface area contributed by atoms with E-state index in [-0.39, 0.29) is 54.4 Å². The minimum Gasteiger partial charge on any atom is -0.330 e. The Hall–Kier alpha value is -1.37. The zero-order valence-corrected chi connectivity index (χ0v) is 15.0. The van der Waals surface area contributed by atoms with E-state index in [4.69, 9.17) is 5.73 Å². The van der Waals surface area contributed by atoms with E-state index >= 15 is 0 Å². The molecule has 2 saturated carbocycles. The van der Waals surface area contributed by atoms with Crippen LogP contribution in [0, 0.1) is 17.8 Å². The lowest BCUT2D eigenvalue weighted by Gasteiger charge is -2.17. The summed E-state index contributed by atoms with van der Waals surface area (Å²) in [4.78, 5) is 28.1. The Labute approximate surface area is 154 Å². The molecule has 0 saturated heterocycles. The number of nitrogens with one attached hydrogen (secondary N) is 2. The highest BCUT2D eigenvalue weighted by atomic mass is 35.5. The van der Waals surface area contributed by atoms with Gasteiger partial charge in [0.1, 0.15) is 5.82 Å². The van der Waals surface area contributed by atoms with Gasteiger partial charge in [0.25, 0.3) is 0 Å². The number of hydrogen-bond donors (Lipinski definition) is 3. The largest absolute Gasteiger partial charge is 0.330 e. The molecule has 0 spiro atoms. The molecular formula is C16H24Cl2N4O2. The number of nitrogens with two attached hydrogens (primary N) is 1. The third kappa shape index (κ3) is 5.06. The van der Waals surface area contributed by atoms with Crippen molar-refractivity contribution in [2.45, 2.75) is 32.1 Å². The van der Waals surface area contributed by atoms with Crippen molar-refractivity contribution >= 4 is 48.1 Å². The highest BCUT2D eigenvalue weighted by Crippen LogP contribution is 2.32. The van der Waals surface area contributed by atoms with E-state index in [9.17, 15) is 9.59 Å². The number of nitrogens with zero attached hydrogens (tertiary/aromatic N) is 1. The van der Waals surface area contributed by atoms with Crippen molar-refractivity contribution in [3.8, 4) is 0 Å². The molecular weight excluding hydrogens is 351 g/mol. The molecule has 2 aliphatic carbocycles. The third-order valence-corrected chi connectivity index (χ3v) is 4.53. The number of amides is 2. The summed E-state index contributed by atoms with van der Waals surface area (Å²) in [6.45, 7) is 0.558. The maximum atomic E-state index is 12.3. The van der Waals surface area contributed by atoms with Gasteiger partial charge in [-0.1, -0.05) is 6.42 Å². The molecule has 24 heavy (non-hydrogen) atoms. The molecule has 0 radical (unpaired) electrons. The SMILES string of the molecule is Cl.Cl.NC[C@H]1CCC[C@H]1C(=O)Nc1ccc(NC(=O)C2CC2)nc1. The second-order valence-electron chi connectivity index (χ2n) is 6.22. The Morgan fingerprint density at radius 3 is 2.42 bits per heavy atom. The van der Waals surface area contributed by atoms with Crippen molar-refractivity contribution in [1.82, 2.24) is 4.98 Å². The Kier molecular flexibility index (Phi) is 7.93. The van der Waals surface area contributed by atoms with Crippen LogP contribution >= 0.6 is 24.8 Å². The number of carbonyl (C=O) groups is 2. The fourth-order valence-electron chi connectivity index (χ4n) is 3.01. The third-order valence-electron chi connectivity index (χ3n) is 4.53. The van der Waals surface area contributed by atoms with Gasteiger partial charge < -0.3 is 16.4 Å². The average Bonchev–Trinajstić information content (AvgIpc) is 3.26. The summed E-state index contributed by atoms with van der Waals surface area (Å²) in [6, 6.07) is 3.48. The topological polar surface area (TPSA) is 97.1 Å². The number of rotatable bonds is 5. The predicted octanol–water partition coefficient (Wildman–Crippen LogP) is 2.59. The molecule has 2 atom stereocenters. The molecule has 2 aliphatic rings. The quantitative estimate of drug-likeness (QED) is 0.737. The number of aromatic nitrogens is 1. The van der Waals surface area contributed by atoms with Gasteiger partial charge in [-0.3, -0.25) is 9.59 Å². The first kappa shape index (κ1) is 20.7. The maximum Gasteiger partial charge on any atom is 0.228 e. The van der Waals surface area contributed by atoms with Crippen LogP contribution in [0.1, 0.15) is 32.1 Å². The normalized spacial score (nSPS) is 22.0. The van der Waals surface area contributed by atoms with E-state index in [1.54, 1.807) is 18.3 Å². The van der Waals surface area contributed by atoms with Crippen molar-refractivity contribution in [2.24, 2.45) is 23.5 Å². The summed E-state index contributed by atoms with van der Waals surface area (Å²) in [5, 5.41) is 5.67. The van der Waals surface area contributed by atoms with Gasteiger partial charge >= 0.3 is 0 Å². The molecule has 0 aromatic carbocycles. The van der Waals surface area contributed by atoms with Gasteiger partial charge in [-0.15, -0.1) is 24.8 Å². The molecule has 1 aromatic heterocycles. The number of pyridine rings is 1. The summed E-state index contributed by atoms with van der Waals surface area (Å²) in [5.74, 6) is 1.00. The predicted molar refractivity (Wildman–Crippen MR) is 98.6 cm³/mol. The fourth-order valence-corrected chi connectivity index (χ4v) is 3.01. The fraction of sp³-hybridized carbons (Fsp3) is 0.562. The highest BCUT2D eigenvalue weighted by molar-refractivity contribution is 5.94. The van der Waals surface area contributed by atoms with Crippen LogP contribution in [0.3, 0.4) is 0 Å². The van der Waals surface area contributed by atoms with Crippen LogP contribution in [0.25, 0.3) is 0 Å². The van der Waals surface area contributed by atoms with Crippen LogP contribution in [-0.2, 0) is 9.59 Å². The molecule has 3 rings (SSSR count). The lowest BCUT2D eigenvalue weighted by molar-refractivity contribution is -0.121. The van der Waals surface area contributed by atoms with Crippen molar-refractivity contribution < 1.29 is 9.59 Å². The molecule has 6 nitrogen and oxygen atoms in total. The Morgan fingerprint density at radius 1 is 1.08 bits per heavy atom. The van der Waals surface area contributed by atoms with Crippen LogP contribution in [0.2, 0.25) is 0 Å². The molecule has 0 unspecified atom stereocenters. The van der Waals surface area contributed by atoms with E-state index in [0.29, 0.717) is 18.1 Å². The lowest BCUT2D eigenvalue weighted by Crippen LogP contribution is -2.29. The minimum atomic E-state index is -0.000698. The van der Waals surface area contributed by atoms with E-state index in [1.807, 2.05) is 0 Å². The number of hydrogen-bond acceptors (Lipinski definition) is 4. The lowest BCUT2D eigenvalue weighted by atomic mass is 9.95. The van der Waals surface area contributed by atoms with Crippen LogP contribution in [0.15, 0.2) is 18.3 Å². The van der Waals surface area contributed by atoms with Crippen molar-refractivity contribution in [2.75, 3.05) is 17.2 Å². The second-order valence-corrected chi connectivity index (χ2v) is 6.22. The van der Waals surface area contributed by atoms with Crippen LogP contribution in [-0.4, -0.2) is 23.3 Å². The smallest absolute Gasteiger partial charge is 0.228 e. The zero-order valence-electron chi connectivity index (χ0n) is 13.4. The number of halogens is 2. The van der Waals surface area contributed by atoms with Gasteiger partial charge in [0, 0.05) is 11.8 Å². The van der Waals surface area contributed by atoms with Crippen molar-refractivity contribution in [3.05, 3.63) is 18.3 Å². The molecule has 1 heterocycles. The van der Waals surface area contributed by atoms with Gasteiger partial charge in [-0.05, 0) is 50.3 Å². The van der Waals surface area contributed by atoms with Crippen molar-refractivity contribution in [3.63, 3.8) is 0 Å². The first-order chi connectivity index (χ1) is 10.7. The molecule has 134 valence electrons. The Balaban J connectivity index is 0.00000144. The summed E-state index contributed by atoms with van der Waals surface area (Å²) in [7, 11) is 0. The standard InChI is InChI=1S/C16H22N4O2.2ClH/c17-8-11-2-1-3-13(11)16(22)19-12-6-7-14(18-9-12)20-15(21)10-4-5-10;;/h6-7,9-11,13H,1-5,8,17H2,(H,19,22)(H,18,20,21);2*1H/t11-,13-;;/m1../s1. The molecule has 2 amide bonds. The maximum absolute atomic E-state index is 12.3.